The van der Waals surface area contributed by atoms with Crippen molar-refractivity contribution in [2.75, 3.05) is 6.61 Å². The monoisotopic (exact) mass is 291 g/mol. The second-order valence-electron chi connectivity index (χ2n) is 4.91. The van der Waals surface area contributed by atoms with E-state index in [4.69, 9.17) is 4.74 Å². The zero-order chi connectivity index (χ0) is 14.5. The van der Waals surface area contributed by atoms with Crippen molar-refractivity contribution in [2.24, 2.45) is 0 Å². The van der Waals surface area contributed by atoms with Crippen LogP contribution >= 0.6 is 11.3 Å². The van der Waals surface area contributed by atoms with Crippen LogP contribution in [0.15, 0.2) is 18.2 Å². The molecule has 0 saturated heterocycles. The molecule has 1 heterocycles. The van der Waals surface area contributed by atoms with E-state index in [1.54, 1.807) is 11.3 Å². The van der Waals surface area contributed by atoms with Crippen molar-refractivity contribution in [1.29, 1.82) is 0 Å². The summed E-state index contributed by atoms with van der Waals surface area (Å²) >= 11 is 1.58. The number of benzene rings is 1. The van der Waals surface area contributed by atoms with Crippen molar-refractivity contribution in [1.82, 2.24) is 4.98 Å². The molecule has 1 N–H and O–H groups in total. The minimum atomic E-state index is 0.0821. The van der Waals surface area contributed by atoms with E-state index in [1.165, 1.54) is 11.1 Å². The summed E-state index contributed by atoms with van der Waals surface area (Å²) in [5.41, 5.74) is 3.44. The first-order valence-corrected chi connectivity index (χ1v) is 7.73. The van der Waals surface area contributed by atoms with Crippen LogP contribution in [0.2, 0.25) is 0 Å². The van der Waals surface area contributed by atoms with Gasteiger partial charge in [0.25, 0.3) is 0 Å². The average Bonchev–Trinajstić information content (AvgIpc) is 2.80. The molecule has 0 fully saturated rings. The van der Waals surface area contributed by atoms with Gasteiger partial charge in [0.2, 0.25) is 0 Å². The van der Waals surface area contributed by atoms with Gasteiger partial charge in [0.05, 0.1) is 28.8 Å². The van der Waals surface area contributed by atoms with Crippen molar-refractivity contribution >= 4 is 11.3 Å². The summed E-state index contributed by atoms with van der Waals surface area (Å²) in [5.74, 6) is 0.914. The first-order valence-electron chi connectivity index (χ1n) is 6.91. The number of ether oxygens (including phenoxy) is 1. The highest BCUT2D eigenvalue weighted by atomic mass is 32.1. The molecule has 0 atom stereocenters. The van der Waals surface area contributed by atoms with Crippen LogP contribution in [0.4, 0.5) is 0 Å². The molecule has 0 saturated carbocycles. The summed E-state index contributed by atoms with van der Waals surface area (Å²) in [4.78, 5) is 5.52. The van der Waals surface area contributed by atoms with E-state index in [0.717, 1.165) is 34.2 Å². The van der Waals surface area contributed by atoms with Gasteiger partial charge in [0, 0.05) is 6.42 Å². The average molecular weight is 291 g/mol. The van der Waals surface area contributed by atoms with Gasteiger partial charge in [-0.05, 0) is 43.5 Å². The zero-order valence-corrected chi connectivity index (χ0v) is 13.1. The highest BCUT2D eigenvalue weighted by molar-refractivity contribution is 7.11. The molecule has 0 aliphatic rings. The van der Waals surface area contributed by atoms with Crippen LogP contribution in [0, 0.1) is 13.8 Å². The van der Waals surface area contributed by atoms with Crippen LogP contribution in [0.5, 0.6) is 5.75 Å². The van der Waals surface area contributed by atoms with Crippen LogP contribution < -0.4 is 4.74 Å². The Morgan fingerprint density at radius 3 is 2.45 bits per heavy atom. The van der Waals surface area contributed by atoms with Crippen LogP contribution in [0.1, 0.15) is 33.6 Å². The predicted molar refractivity (Wildman–Crippen MR) is 82.5 cm³/mol. The second kappa shape index (κ2) is 6.86. The molecule has 0 unspecified atom stereocenters. The van der Waals surface area contributed by atoms with Gasteiger partial charge in [-0.25, -0.2) is 4.98 Å². The molecule has 0 amide bonds. The molecule has 2 aromatic rings. The Hall–Kier alpha value is -1.39. The Morgan fingerprint density at radius 1 is 1.20 bits per heavy atom. The number of hydrogen-bond acceptors (Lipinski definition) is 4. The highest BCUT2D eigenvalue weighted by Crippen LogP contribution is 2.21. The van der Waals surface area contributed by atoms with Crippen molar-refractivity contribution < 1.29 is 9.84 Å². The normalized spacial score (nSPS) is 10.8. The minimum Gasteiger partial charge on any atom is -0.493 e. The van der Waals surface area contributed by atoms with Crippen LogP contribution in [0.25, 0.3) is 0 Å². The van der Waals surface area contributed by atoms with Crippen molar-refractivity contribution in [3.63, 3.8) is 0 Å². The number of aromatic nitrogens is 1. The lowest BCUT2D eigenvalue weighted by Gasteiger charge is -2.07. The summed E-state index contributed by atoms with van der Waals surface area (Å²) in [5, 5.41) is 10.3. The van der Waals surface area contributed by atoms with E-state index in [2.05, 4.69) is 31.8 Å². The quantitative estimate of drug-likeness (QED) is 0.886. The maximum atomic E-state index is 9.27. The van der Waals surface area contributed by atoms with E-state index in [9.17, 15) is 5.11 Å². The summed E-state index contributed by atoms with van der Waals surface area (Å²) in [6, 6.07) is 6.23. The number of nitrogens with zero attached hydrogens (tertiary/aromatic N) is 1. The van der Waals surface area contributed by atoms with Gasteiger partial charge in [-0.1, -0.05) is 13.0 Å². The maximum absolute atomic E-state index is 9.27. The SMILES string of the molecule is CCc1nc(CCOc2cc(C)cc(C)c2)sc1CO. The van der Waals surface area contributed by atoms with Crippen molar-refractivity contribution in [3.05, 3.63) is 44.9 Å². The van der Waals surface area contributed by atoms with Gasteiger partial charge in [0.1, 0.15) is 5.75 Å². The van der Waals surface area contributed by atoms with E-state index >= 15 is 0 Å². The summed E-state index contributed by atoms with van der Waals surface area (Å²) in [7, 11) is 0. The first-order chi connectivity index (χ1) is 9.62. The van der Waals surface area contributed by atoms with Gasteiger partial charge in [-0.15, -0.1) is 11.3 Å². The molecule has 3 nitrogen and oxygen atoms in total. The Bertz CT molecular complexity index is 536. The molecule has 0 bridgehead atoms. The molecule has 1 aromatic carbocycles. The fraction of sp³-hybridized carbons (Fsp3) is 0.438. The highest BCUT2D eigenvalue weighted by Gasteiger charge is 2.08. The number of aliphatic hydroxyl groups excluding tert-OH is 1. The van der Waals surface area contributed by atoms with Gasteiger partial charge in [0.15, 0.2) is 0 Å². The molecule has 0 radical (unpaired) electrons. The van der Waals surface area contributed by atoms with E-state index < -0.39 is 0 Å². The summed E-state index contributed by atoms with van der Waals surface area (Å²) < 4.78 is 5.79. The summed E-state index contributed by atoms with van der Waals surface area (Å²) in [6.45, 7) is 6.90. The van der Waals surface area contributed by atoms with E-state index in [0.29, 0.717) is 6.61 Å². The molecular weight excluding hydrogens is 270 g/mol. The van der Waals surface area contributed by atoms with Crippen LogP contribution in [-0.2, 0) is 19.4 Å². The Kier molecular flexibility index (Phi) is 5.15. The van der Waals surface area contributed by atoms with Gasteiger partial charge in [-0.2, -0.15) is 0 Å². The molecular formula is C16H21NO2S. The Morgan fingerprint density at radius 2 is 1.90 bits per heavy atom. The number of thiazole rings is 1. The Balaban J connectivity index is 1.94. The fourth-order valence-electron chi connectivity index (χ4n) is 2.22. The van der Waals surface area contributed by atoms with Crippen LogP contribution in [0.3, 0.4) is 0 Å². The number of aliphatic hydroxyl groups is 1. The lowest BCUT2D eigenvalue weighted by molar-refractivity contribution is 0.284. The van der Waals surface area contributed by atoms with E-state index in [1.807, 2.05) is 12.1 Å². The van der Waals surface area contributed by atoms with Gasteiger partial charge >= 0.3 is 0 Å². The van der Waals surface area contributed by atoms with E-state index in [-0.39, 0.29) is 6.61 Å². The number of rotatable bonds is 6. The predicted octanol–water partition coefficient (Wildman–Crippen LogP) is 3.44. The lowest BCUT2D eigenvalue weighted by Crippen LogP contribution is -2.01. The van der Waals surface area contributed by atoms with Gasteiger partial charge < -0.3 is 9.84 Å². The smallest absolute Gasteiger partial charge is 0.119 e. The summed E-state index contributed by atoms with van der Waals surface area (Å²) in [6.07, 6.45) is 1.65. The largest absolute Gasteiger partial charge is 0.493 e. The Labute approximate surface area is 124 Å². The molecule has 0 aliphatic carbocycles. The topological polar surface area (TPSA) is 42.4 Å². The molecule has 0 spiro atoms. The minimum absolute atomic E-state index is 0.0821. The molecule has 108 valence electrons. The molecule has 1 aromatic heterocycles. The standard InChI is InChI=1S/C16H21NO2S/c1-4-14-15(10-18)20-16(17-14)5-6-19-13-8-11(2)7-12(3)9-13/h7-9,18H,4-6,10H2,1-3H3. The molecule has 2 rings (SSSR count). The third-order valence-corrected chi connectivity index (χ3v) is 4.22. The number of hydrogen-bond donors (Lipinski definition) is 1. The lowest BCUT2D eigenvalue weighted by atomic mass is 10.1. The zero-order valence-electron chi connectivity index (χ0n) is 12.3. The molecule has 20 heavy (non-hydrogen) atoms. The number of aryl methyl sites for hydroxylation is 3. The van der Waals surface area contributed by atoms with Crippen molar-refractivity contribution in [3.8, 4) is 5.75 Å². The maximum Gasteiger partial charge on any atom is 0.119 e. The van der Waals surface area contributed by atoms with Crippen LogP contribution in [-0.4, -0.2) is 16.7 Å². The second-order valence-corrected chi connectivity index (χ2v) is 6.08. The third kappa shape index (κ3) is 3.81. The van der Waals surface area contributed by atoms with Crippen molar-refractivity contribution in [2.45, 2.75) is 40.2 Å². The molecule has 4 heteroatoms. The van der Waals surface area contributed by atoms with Gasteiger partial charge in [-0.3, -0.25) is 0 Å². The first kappa shape index (κ1) is 15.0. The fourth-order valence-corrected chi connectivity index (χ4v) is 3.21. The molecule has 0 aliphatic heterocycles. The third-order valence-electron chi connectivity index (χ3n) is 3.08.